The lowest BCUT2D eigenvalue weighted by atomic mass is 10.1. The predicted molar refractivity (Wildman–Crippen MR) is 77.2 cm³/mol. The van der Waals surface area contributed by atoms with Crippen molar-refractivity contribution in [3.63, 3.8) is 0 Å². The Morgan fingerprint density at radius 2 is 1.33 bits per heavy atom. The van der Waals surface area contributed by atoms with Gasteiger partial charge in [0.15, 0.2) is 0 Å². The Labute approximate surface area is 122 Å². The molecule has 0 heterocycles. The summed E-state index contributed by atoms with van der Waals surface area (Å²) in [5, 5.41) is 0. The molecule has 0 aliphatic carbocycles. The number of hydrogen-bond donors (Lipinski definition) is 0. The lowest BCUT2D eigenvalue weighted by Crippen LogP contribution is -2.04. The zero-order chi connectivity index (χ0) is 16.1. The molecule has 1 aromatic rings. The number of alkyl halides is 3. The number of aryl methyl sites for hydroxylation is 1. The molecule has 0 N–H and O–H groups in total. The Kier molecular flexibility index (Phi) is 8.23. The van der Waals surface area contributed by atoms with E-state index in [-0.39, 0.29) is 0 Å². The van der Waals surface area contributed by atoms with Gasteiger partial charge < -0.3 is 0 Å². The molecule has 0 unspecified atom stereocenters. The highest BCUT2D eigenvalue weighted by Gasteiger charge is 2.29. The topological polar surface area (TPSA) is 0 Å². The van der Waals surface area contributed by atoms with Crippen LogP contribution in [0.1, 0.15) is 11.1 Å². The van der Waals surface area contributed by atoms with Crippen LogP contribution in [-0.2, 0) is 6.18 Å². The van der Waals surface area contributed by atoms with Gasteiger partial charge in [-0.2, -0.15) is 13.2 Å². The second kappa shape index (κ2) is 9.70. The summed E-state index contributed by atoms with van der Waals surface area (Å²) in [4.78, 5) is 0. The first-order valence-corrected chi connectivity index (χ1v) is 5.47. The number of terminal acetylenes is 2. The van der Waals surface area contributed by atoms with E-state index in [1.54, 1.807) is 13.0 Å². The highest BCUT2D eigenvalue weighted by Crippen LogP contribution is 2.29. The van der Waals surface area contributed by atoms with Crippen molar-refractivity contribution >= 4 is 0 Å². The average molecular weight is 282 g/mol. The van der Waals surface area contributed by atoms with Gasteiger partial charge in [0, 0.05) is 0 Å². The van der Waals surface area contributed by atoms with Crippen LogP contribution < -0.4 is 0 Å². The highest BCUT2D eigenvalue weighted by molar-refractivity contribution is 5.41. The highest BCUT2D eigenvalue weighted by atomic mass is 19.4. The van der Waals surface area contributed by atoms with E-state index < -0.39 is 11.7 Å². The zero-order valence-corrected chi connectivity index (χ0v) is 11.1. The van der Waals surface area contributed by atoms with Crippen LogP contribution in [-0.4, -0.2) is 0 Å². The van der Waals surface area contributed by atoms with E-state index in [1.165, 1.54) is 6.07 Å². The third kappa shape index (κ3) is 9.40. The first-order valence-electron chi connectivity index (χ1n) is 5.47. The molecule has 0 fully saturated rings. The third-order valence-corrected chi connectivity index (χ3v) is 1.80. The first-order chi connectivity index (χ1) is 9.91. The van der Waals surface area contributed by atoms with Gasteiger partial charge in [0.1, 0.15) is 0 Å². The molecule has 0 aliphatic rings. The fraction of sp³-hybridized carbons (Fsp3) is 0.111. The van der Waals surface area contributed by atoms with Crippen LogP contribution >= 0.6 is 0 Å². The van der Waals surface area contributed by atoms with Gasteiger partial charge in [0.25, 0.3) is 0 Å². The quantitative estimate of drug-likeness (QED) is 0.641. The Morgan fingerprint density at radius 1 is 0.857 bits per heavy atom. The summed E-state index contributed by atoms with van der Waals surface area (Å²) in [7, 11) is 0. The predicted octanol–water partition coefficient (Wildman–Crippen LogP) is 3.28. The van der Waals surface area contributed by atoms with E-state index in [9.17, 15) is 13.2 Å². The van der Waals surface area contributed by atoms with Crippen molar-refractivity contribution in [3.05, 3.63) is 35.4 Å². The number of hydrogen-bond acceptors (Lipinski definition) is 0. The van der Waals surface area contributed by atoms with Crippen molar-refractivity contribution in [1.29, 1.82) is 0 Å². The molecule has 102 valence electrons. The first kappa shape index (κ1) is 17.8. The van der Waals surface area contributed by atoms with Crippen LogP contribution in [0.25, 0.3) is 0 Å². The van der Waals surface area contributed by atoms with Crippen LogP contribution in [0.5, 0.6) is 0 Å². The lowest BCUT2D eigenvalue weighted by Gasteiger charge is -2.05. The molecule has 0 radical (unpaired) electrons. The number of halogens is 3. The van der Waals surface area contributed by atoms with Crippen molar-refractivity contribution in [3.8, 4) is 60.2 Å². The summed E-state index contributed by atoms with van der Waals surface area (Å²) < 4.78 is 35.9. The van der Waals surface area contributed by atoms with Crippen molar-refractivity contribution < 1.29 is 13.2 Å². The van der Waals surface area contributed by atoms with Crippen molar-refractivity contribution in [1.82, 2.24) is 0 Å². The molecule has 0 amide bonds. The fourth-order valence-electron chi connectivity index (χ4n) is 1.02. The molecule has 0 aromatic heterocycles. The van der Waals surface area contributed by atoms with E-state index >= 15 is 0 Å². The maximum Gasteiger partial charge on any atom is 0.416 e. The fourth-order valence-corrected chi connectivity index (χ4v) is 1.02. The molecular formula is C18H9F3. The molecule has 21 heavy (non-hydrogen) atoms. The summed E-state index contributed by atoms with van der Waals surface area (Å²) in [5.74, 6) is 18.4. The van der Waals surface area contributed by atoms with Crippen molar-refractivity contribution in [2.75, 3.05) is 0 Å². The monoisotopic (exact) mass is 282 g/mol. The SMILES string of the molecule is C#CC#CC#CC#CC#C.Cc1cccc(C(F)(F)F)c1. The van der Waals surface area contributed by atoms with Crippen molar-refractivity contribution in [2.45, 2.75) is 13.1 Å². The number of rotatable bonds is 0. The molecule has 0 nitrogen and oxygen atoms in total. The Hall–Kier alpha value is -3.19. The summed E-state index contributed by atoms with van der Waals surface area (Å²) in [6, 6.07) is 5.22. The minimum absolute atomic E-state index is 0.586. The second-order valence-electron chi connectivity index (χ2n) is 3.41. The minimum Gasteiger partial charge on any atom is -0.166 e. The maximum atomic E-state index is 12.0. The van der Waals surface area contributed by atoms with E-state index in [4.69, 9.17) is 12.8 Å². The molecule has 0 bridgehead atoms. The van der Waals surface area contributed by atoms with Crippen LogP contribution in [0.4, 0.5) is 13.2 Å². The summed E-state index contributed by atoms with van der Waals surface area (Å²) in [5.41, 5.74) is 0.0392. The van der Waals surface area contributed by atoms with Crippen LogP contribution in [0.15, 0.2) is 24.3 Å². The van der Waals surface area contributed by atoms with Crippen molar-refractivity contribution in [2.24, 2.45) is 0 Å². The van der Waals surface area contributed by atoms with Gasteiger partial charge in [-0.15, -0.1) is 12.8 Å². The second-order valence-corrected chi connectivity index (χ2v) is 3.41. The van der Waals surface area contributed by atoms with Gasteiger partial charge in [-0.25, -0.2) is 0 Å². The molecule has 1 aromatic carbocycles. The zero-order valence-electron chi connectivity index (χ0n) is 11.1. The average Bonchev–Trinajstić information content (AvgIpc) is 2.43. The third-order valence-electron chi connectivity index (χ3n) is 1.80. The molecular weight excluding hydrogens is 273 g/mol. The molecule has 1 rings (SSSR count). The normalized spacial score (nSPS) is 7.71. The molecule has 3 heteroatoms. The summed E-state index contributed by atoms with van der Waals surface area (Å²) >= 11 is 0. The van der Waals surface area contributed by atoms with Gasteiger partial charge in [-0.1, -0.05) is 23.8 Å². The van der Waals surface area contributed by atoms with Crippen LogP contribution in [0.3, 0.4) is 0 Å². The smallest absolute Gasteiger partial charge is 0.166 e. The standard InChI is InChI=1S/C10H2.C8H7F3/c1-3-5-7-9-10-8-6-4-2;1-6-3-2-4-7(5-6)8(9,10)11/h1-2H;2-5H,1H3. The van der Waals surface area contributed by atoms with Gasteiger partial charge in [0.2, 0.25) is 0 Å². The van der Waals surface area contributed by atoms with E-state index in [2.05, 4.69) is 47.4 Å². The minimum atomic E-state index is -4.22. The largest absolute Gasteiger partial charge is 0.416 e. The number of benzene rings is 1. The molecule has 0 saturated heterocycles. The molecule has 0 saturated carbocycles. The lowest BCUT2D eigenvalue weighted by molar-refractivity contribution is -0.137. The van der Waals surface area contributed by atoms with Crippen LogP contribution in [0, 0.1) is 67.1 Å². The van der Waals surface area contributed by atoms with E-state index in [0.29, 0.717) is 5.56 Å². The van der Waals surface area contributed by atoms with Gasteiger partial charge >= 0.3 is 6.18 Å². The Morgan fingerprint density at radius 3 is 1.67 bits per heavy atom. The maximum absolute atomic E-state index is 12.0. The Balaban J connectivity index is 0.000000384. The van der Waals surface area contributed by atoms with E-state index in [0.717, 1.165) is 12.1 Å². The molecule has 0 atom stereocenters. The van der Waals surface area contributed by atoms with E-state index in [1.807, 2.05) is 0 Å². The van der Waals surface area contributed by atoms with Crippen LogP contribution in [0.2, 0.25) is 0 Å². The Bertz CT molecular complexity index is 698. The van der Waals surface area contributed by atoms with Gasteiger partial charge in [-0.3, -0.25) is 0 Å². The van der Waals surface area contributed by atoms with Gasteiger partial charge in [0.05, 0.1) is 5.56 Å². The molecule has 0 aliphatic heterocycles. The molecule has 0 spiro atoms. The summed E-state index contributed by atoms with van der Waals surface area (Å²) in [6.45, 7) is 1.63. The van der Waals surface area contributed by atoms with Gasteiger partial charge in [-0.05, 0) is 60.4 Å². The summed E-state index contributed by atoms with van der Waals surface area (Å²) in [6.07, 6.45) is 5.40.